The van der Waals surface area contributed by atoms with E-state index in [-0.39, 0.29) is 5.11 Å². The topological polar surface area (TPSA) is 53.2 Å². The quantitative estimate of drug-likeness (QED) is 0.346. The minimum atomic E-state index is -1.84. The third kappa shape index (κ3) is 6.18. The van der Waals surface area contributed by atoms with Gasteiger partial charge in [0.25, 0.3) is 5.91 Å². The molecule has 0 aliphatic rings. The van der Waals surface area contributed by atoms with Crippen molar-refractivity contribution in [1.82, 2.24) is 10.6 Å². The first-order valence-corrected chi connectivity index (χ1v) is 9.35. The zero-order chi connectivity index (χ0) is 19.3. The van der Waals surface area contributed by atoms with Crippen LogP contribution < -0.4 is 16.0 Å². The third-order valence-electron chi connectivity index (χ3n) is 3.31. The zero-order valence-electron chi connectivity index (χ0n) is 13.5. The molecule has 0 saturated carbocycles. The molecule has 138 valence electrons. The number of aryl methyl sites for hydroxylation is 1. The van der Waals surface area contributed by atoms with Crippen LogP contribution in [0.1, 0.15) is 15.9 Å². The number of carbonyl (C=O) groups is 1. The summed E-state index contributed by atoms with van der Waals surface area (Å²) in [5.74, 6) is -0.408. The molecule has 0 bridgehead atoms. The minimum Gasteiger partial charge on any atom is -0.339 e. The van der Waals surface area contributed by atoms with Gasteiger partial charge in [0.2, 0.25) is 3.79 Å². The van der Waals surface area contributed by atoms with Crippen LogP contribution in [0.5, 0.6) is 0 Å². The van der Waals surface area contributed by atoms with Crippen LogP contribution in [0.2, 0.25) is 5.02 Å². The van der Waals surface area contributed by atoms with Gasteiger partial charge in [-0.05, 0) is 43.4 Å². The van der Waals surface area contributed by atoms with E-state index < -0.39 is 15.9 Å². The number of amides is 1. The van der Waals surface area contributed by atoms with Crippen molar-refractivity contribution in [1.29, 1.82) is 0 Å². The molecule has 2 aromatic carbocycles. The number of halogens is 4. The Morgan fingerprint density at radius 2 is 1.65 bits per heavy atom. The fourth-order valence-electron chi connectivity index (χ4n) is 1.97. The van der Waals surface area contributed by atoms with Crippen LogP contribution in [0.15, 0.2) is 48.5 Å². The van der Waals surface area contributed by atoms with Crippen molar-refractivity contribution in [2.24, 2.45) is 0 Å². The van der Waals surface area contributed by atoms with Gasteiger partial charge in [0, 0.05) is 5.56 Å². The lowest BCUT2D eigenvalue weighted by Crippen LogP contribution is -2.56. The van der Waals surface area contributed by atoms with Crippen LogP contribution in [0.4, 0.5) is 5.69 Å². The molecule has 26 heavy (non-hydrogen) atoms. The molecule has 2 aromatic rings. The molecule has 1 amide bonds. The number of thiocarbonyl (C=S) groups is 1. The van der Waals surface area contributed by atoms with Crippen molar-refractivity contribution in [3.63, 3.8) is 0 Å². The first-order chi connectivity index (χ1) is 12.2. The van der Waals surface area contributed by atoms with Crippen LogP contribution in [0.3, 0.4) is 0 Å². The lowest BCUT2D eigenvalue weighted by atomic mass is 10.1. The summed E-state index contributed by atoms with van der Waals surface area (Å²) in [7, 11) is 0. The maximum absolute atomic E-state index is 12.4. The van der Waals surface area contributed by atoms with Gasteiger partial charge in [-0.2, -0.15) is 0 Å². The SMILES string of the molecule is Cc1ccc(C(=O)N[C@H](NC(=S)Nc2ccccc2Cl)C(Cl)(Cl)Cl)cc1. The number of hydrogen-bond donors (Lipinski definition) is 3. The number of anilines is 1. The number of para-hydroxylation sites is 1. The average molecular weight is 451 g/mol. The summed E-state index contributed by atoms with van der Waals surface area (Å²) in [6, 6.07) is 14.0. The monoisotopic (exact) mass is 449 g/mol. The Kier molecular flexibility index (Phi) is 7.38. The standard InChI is InChI=1S/C17H15Cl4N3OS/c1-10-6-8-11(9-7-10)14(25)23-15(17(19,20)21)24-16(26)22-13-5-3-2-4-12(13)18/h2-9,15H,1H3,(H,23,25)(H2,22,24,26)/t15-/m1/s1. The fourth-order valence-corrected chi connectivity index (χ4v) is 2.71. The van der Waals surface area contributed by atoms with Crippen molar-refractivity contribution in [3.05, 3.63) is 64.7 Å². The molecular weight excluding hydrogens is 436 g/mol. The number of nitrogens with one attached hydrogen (secondary N) is 3. The molecule has 0 heterocycles. The molecule has 0 unspecified atom stereocenters. The highest BCUT2D eigenvalue weighted by Gasteiger charge is 2.34. The van der Waals surface area contributed by atoms with Gasteiger partial charge >= 0.3 is 0 Å². The zero-order valence-corrected chi connectivity index (χ0v) is 17.4. The molecule has 2 rings (SSSR count). The molecule has 0 saturated heterocycles. The van der Waals surface area contributed by atoms with Crippen LogP contribution in [-0.2, 0) is 0 Å². The van der Waals surface area contributed by atoms with Crippen LogP contribution in [-0.4, -0.2) is 21.0 Å². The number of carbonyl (C=O) groups excluding carboxylic acids is 1. The fraction of sp³-hybridized carbons (Fsp3) is 0.176. The maximum atomic E-state index is 12.4. The smallest absolute Gasteiger partial charge is 0.252 e. The Hall–Kier alpha value is -1.24. The summed E-state index contributed by atoms with van der Waals surface area (Å²) >= 11 is 29.2. The Morgan fingerprint density at radius 1 is 1.04 bits per heavy atom. The molecule has 0 aliphatic heterocycles. The van der Waals surface area contributed by atoms with Gasteiger partial charge in [0.1, 0.15) is 6.17 Å². The first-order valence-electron chi connectivity index (χ1n) is 7.43. The lowest BCUT2D eigenvalue weighted by molar-refractivity contribution is 0.0934. The van der Waals surface area contributed by atoms with E-state index in [2.05, 4.69) is 16.0 Å². The van der Waals surface area contributed by atoms with Gasteiger partial charge < -0.3 is 16.0 Å². The summed E-state index contributed by atoms with van der Waals surface area (Å²) < 4.78 is -1.84. The number of benzene rings is 2. The Balaban J connectivity index is 2.07. The van der Waals surface area contributed by atoms with Gasteiger partial charge in [0.05, 0.1) is 10.7 Å². The lowest BCUT2D eigenvalue weighted by Gasteiger charge is -2.28. The van der Waals surface area contributed by atoms with Gasteiger partial charge in [-0.1, -0.05) is 76.2 Å². The second kappa shape index (κ2) is 9.11. The van der Waals surface area contributed by atoms with Crippen LogP contribution >= 0.6 is 58.6 Å². The van der Waals surface area contributed by atoms with Gasteiger partial charge in [-0.3, -0.25) is 4.79 Å². The normalized spacial score (nSPS) is 12.2. The molecule has 0 aliphatic carbocycles. The van der Waals surface area contributed by atoms with Crippen LogP contribution in [0.25, 0.3) is 0 Å². The molecule has 9 heteroatoms. The molecule has 0 aromatic heterocycles. The molecule has 3 N–H and O–H groups in total. The van der Waals surface area contributed by atoms with E-state index in [9.17, 15) is 4.79 Å². The number of alkyl halides is 3. The van der Waals surface area contributed by atoms with Gasteiger partial charge in [-0.25, -0.2) is 0 Å². The Bertz CT molecular complexity index is 793. The molecule has 1 atom stereocenters. The second-order valence-electron chi connectivity index (χ2n) is 5.39. The first kappa shape index (κ1) is 21.1. The minimum absolute atomic E-state index is 0.138. The van der Waals surface area contributed by atoms with Crippen molar-refractivity contribution in [3.8, 4) is 0 Å². The van der Waals surface area contributed by atoms with Crippen molar-refractivity contribution in [2.45, 2.75) is 16.9 Å². The molecular formula is C17H15Cl4N3OS. The van der Waals surface area contributed by atoms with E-state index in [0.29, 0.717) is 16.3 Å². The third-order valence-corrected chi connectivity index (χ3v) is 4.52. The van der Waals surface area contributed by atoms with Crippen LogP contribution in [0, 0.1) is 6.92 Å². The highest BCUT2D eigenvalue weighted by Crippen LogP contribution is 2.29. The second-order valence-corrected chi connectivity index (χ2v) is 8.58. The molecule has 0 spiro atoms. The predicted molar refractivity (Wildman–Crippen MR) is 114 cm³/mol. The highest BCUT2D eigenvalue weighted by molar-refractivity contribution is 7.80. The van der Waals surface area contributed by atoms with E-state index in [4.69, 9.17) is 58.6 Å². The summed E-state index contributed by atoms with van der Waals surface area (Å²) in [6.45, 7) is 1.92. The Labute approximate surface area is 177 Å². The van der Waals surface area contributed by atoms with E-state index in [1.54, 1.807) is 36.4 Å². The Morgan fingerprint density at radius 3 is 2.23 bits per heavy atom. The van der Waals surface area contributed by atoms with Crippen molar-refractivity contribution >= 4 is 75.3 Å². The summed E-state index contributed by atoms with van der Waals surface area (Å²) in [5.41, 5.74) is 2.05. The highest BCUT2D eigenvalue weighted by atomic mass is 35.6. The maximum Gasteiger partial charge on any atom is 0.252 e. The van der Waals surface area contributed by atoms with Gasteiger partial charge in [0.15, 0.2) is 5.11 Å². The number of rotatable bonds is 4. The number of hydrogen-bond acceptors (Lipinski definition) is 2. The predicted octanol–water partition coefficient (Wildman–Crippen LogP) is 5.06. The van der Waals surface area contributed by atoms with Crippen molar-refractivity contribution in [2.75, 3.05) is 5.32 Å². The molecule has 0 radical (unpaired) electrons. The van der Waals surface area contributed by atoms with E-state index in [1.165, 1.54) is 0 Å². The molecule has 4 nitrogen and oxygen atoms in total. The van der Waals surface area contributed by atoms with E-state index in [0.717, 1.165) is 5.56 Å². The van der Waals surface area contributed by atoms with Crippen molar-refractivity contribution < 1.29 is 4.79 Å². The average Bonchev–Trinajstić information content (AvgIpc) is 2.56. The summed E-state index contributed by atoms with van der Waals surface area (Å²) in [6.07, 6.45) is -1.07. The molecule has 0 fully saturated rings. The summed E-state index contributed by atoms with van der Waals surface area (Å²) in [4.78, 5) is 12.4. The van der Waals surface area contributed by atoms with E-state index in [1.807, 2.05) is 19.1 Å². The summed E-state index contributed by atoms with van der Waals surface area (Å²) in [5, 5.41) is 8.91. The van der Waals surface area contributed by atoms with Gasteiger partial charge in [-0.15, -0.1) is 0 Å². The largest absolute Gasteiger partial charge is 0.339 e. The van der Waals surface area contributed by atoms with E-state index >= 15 is 0 Å².